The summed E-state index contributed by atoms with van der Waals surface area (Å²) in [4.78, 5) is 4.13. The molecule has 2 rings (SSSR count). The lowest BCUT2D eigenvalue weighted by Gasteiger charge is -2.09. The van der Waals surface area contributed by atoms with Crippen LogP contribution in [0.4, 0.5) is 10.1 Å². The van der Waals surface area contributed by atoms with Gasteiger partial charge in [-0.15, -0.1) is 0 Å². The molecule has 0 fully saturated rings. The summed E-state index contributed by atoms with van der Waals surface area (Å²) in [5, 5.41) is 12.7. The number of nitrogens with one attached hydrogen (secondary N) is 1. The van der Waals surface area contributed by atoms with Gasteiger partial charge in [-0.05, 0) is 37.3 Å². The van der Waals surface area contributed by atoms with Crippen LogP contribution in [0.3, 0.4) is 0 Å². The zero-order valence-corrected chi connectivity index (χ0v) is 9.44. The maximum atomic E-state index is 13.0. The summed E-state index contributed by atoms with van der Waals surface area (Å²) in [5.74, 6) is -0.275. The maximum absolute atomic E-state index is 13.0. The molecule has 88 valence electrons. The fraction of sp³-hybridized carbons (Fsp3) is 0.154. The van der Waals surface area contributed by atoms with Gasteiger partial charge >= 0.3 is 0 Å². The highest BCUT2D eigenvalue weighted by molar-refractivity contribution is 5.48. The highest BCUT2D eigenvalue weighted by Gasteiger charge is 2.04. The molecule has 1 heterocycles. The molecule has 3 nitrogen and oxygen atoms in total. The number of anilines is 1. The molecule has 1 aromatic heterocycles. The minimum Gasteiger partial charge on any atom is -0.508 e. The van der Waals surface area contributed by atoms with E-state index in [9.17, 15) is 9.50 Å². The summed E-state index contributed by atoms with van der Waals surface area (Å²) in [6.07, 6.45) is 1.71. The number of benzene rings is 1. The van der Waals surface area contributed by atoms with Crippen molar-refractivity contribution in [3.8, 4) is 5.75 Å². The number of phenolic OH excluding ortho intramolecular Hbond substituents is 1. The molecule has 1 aromatic carbocycles. The molecular formula is C13H13FN2O. The van der Waals surface area contributed by atoms with Gasteiger partial charge < -0.3 is 10.4 Å². The number of pyridine rings is 1. The number of aromatic hydroxyl groups is 1. The van der Waals surface area contributed by atoms with E-state index in [1.54, 1.807) is 6.20 Å². The molecule has 0 spiro atoms. The van der Waals surface area contributed by atoms with Crippen LogP contribution in [0.2, 0.25) is 0 Å². The molecule has 0 bridgehead atoms. The zero-order valence-electron chi connectivity index (χ0n) is 9.44. The summed E-state index contributed by atoms with van der Waals surface area (Å²) in [7, 11) is 0. The van der Waals surface area contributed by atoms with Gasteiger partial charge in [0.1, 0.15) is 11.6 Å². The number of halogens is 1. The van der Waals surface area contributed by atoms with Gasteiger partial charge in [0.2, 0.25) is 0 Å². The number of nitrogens with zero attached hydrogens (tertiary/aromatic N) is 1. The predicted octanol–water partition coefficient (Wildman–Crippen LogP) is 2.85. The smallest absolute Gasteiger partial charge is 0.123 e. The Hall–Kier alpha value is -2.10. The number of hydrogen-bond acceptors (Lipinski definition) is 3. The fourth-order valence-electron chi connectivity index (χ4n) is 1.56. The van der Waals surface area contributed by atoms with Crippen molar-refractivity contribution in [3.63, 3.8) is 0 Å². The minimum absolute atomic E-state index is 0.0837. The van der Waals surface area contributed by atoms with Gasteiger partial charge in [-0.2, -0.15) is 0 Å². The van der Waals surface area contributed by atoms with Crippen LogP contribution in [-0.4, -0.2) is 10.1 Å². The Labute approximate surface area is 98.9 Å². The average Bonchev–Trinajstić information content (AvgIpc) is 2.32. The first kappa shape index (κ1) is 11.4. The molecule has 2 N–H and O–H groups in total. The van der Waals surface area contributed by atoms with Crippen molar-refractivity contribution in [1.29, 1.82) is 0 Å². The van der Waals surface area contributed by atoms with Crippen LogP contribution in [-0.2, 0) is 6.54 Å². The molecule has 0 amide bonds. The number of hydrogen-bond donors (Lipinski definition) is 2. The van der Waals surface area contributed by atoms with E-state index >= 15 is 0 Å². The monoisotopic (exact) mass is 232 g/mol. The molecule has 17 heavy (non-hydrogen) atoms. The molecule has 4 heteroatoms. The first-order valence-electron chi connectivity index (χ1n) is 5.29. The van der Waals surface area contributed by atoms with Crippen molar-refractivity contribution in [2.24, 2.45) is 0 Å². The highest BCUT2D eigenvalue weighted by atomic mass is 19.1. The predicted molar refractivity (Wildman–Crippen MR) is 64.4 cm³/mol. The Morgan fingerprint density at radius 3 is 2.94 bits per heavy atom. The minimum atomic E-state index is -0.359. The Kier molecular flexibility index (Phi) is 3.23. The van der Waals surface area contributed by atoms with E-state index in [0.29, 0.717) is 12.1 Å². The Bertz CT molecular complexity index is 529. The summed E-state index contributed by atoms with van der Waals surface area (Å²) < 4.78 is 13.0. The van der Waals surface area contributed by atoms with E-state index in [2.05, 4.69) is 10.3 Å². The van der Waals surface area contributed by atoms with Crippen molar-refractivity contribution in [2.45, 2.75) is 13.5 Å². The zero-order chi connectivity index (χ0) is 12.3. The van der Waals surface area contributed by atoms with E-state index in [1.165, 1.54) is 18.2 Å². The van der Waals surface area contributed by atoms with Gasteiger partial charge in [0.05, 0.1) is 11.4 Å². The van der Waals surface area contributed by atoms with E-state index in [1.807, 2.05) is 19.1 Å². The second-order valence-corrected chi connectivity index (χ2v) is 3.76. The molecule has 0 saturated carbocycles. The fourth-order valence-corrected chi connectivity index (χ4v) is 1.56. The van der Waals surface area contributed by atoms with Crippen LogP contribution in [0.1, 0.15) is 11.3 Å². The lowest BCUT2D eigenvalue weighted by atomic mass is 10.2. The van der Waals surface area contributed by atoms with Gasteiger partial charge in [0.25, 0.3) is 0 Å². The first-order chi connectivity index (χ1) is 8.16. The summed E-state index contributed by atoms with van der Waals surface area (Å²) in [5.41, 5.74) is 2.26. The standard InChI is InChI=1S/C13H13FN2O/c1-9-12(3-2-6-15-9)16-8-10-7-11(14)4-5-13(10)17/h2-7,16-17H,8H2,1H3. The molecule has 0 saturated heterocycles. The van der Waals surface area contributed by atoms with Crippen LogP contribution < -0.4 is 5.32 Å². The summed E-state index contributed by atoms with van der Waals surface area (Å²) in [6, 6.07) is 7.60. The Balaban J connectivity index is 2.12. The number of aryl methyl sites for hydroxylation is 1. The highest BCUT2D eigenvalue weighted by Crippen LogP contribution is 2.20. The van der Waals surface area contributed by atoms with Crippen molar-refractivity contribution in [3.05, 3.63) is 53.6 Å². The molecule has 0 atom stereocenters. The number of phenols is 1. The molecule has 0 aliphatic heterocycles. The Morgan fingerprint density at radius 2 is 2.18 bits per heavy atom. The van der Waals surface area contributed by atoms with Crippen LogP contribution in [0.15, 0.2) is 36.5 Å². The quantitative estimate of drug-likeness (QED) is 0.855. The molecule has 0 unspecified atom stereocenters. The lowest BCUT2D eigenvalue weighted by Crippen LogP contribution is -2.02. The van der Waals surface area contributed by atoms with Gasteiger partial charge in [0, 0.05) is 18.3 Å². The van der Waals surface area contributed by atoms with Gasteiger partial charge in [-0.1, -0.05) is 0 Å². The van der Waals surface area contributed by atoms with Crippen molar-refractivity contribution in [2.75, 3.05) is 5.32 Å². The van der Waals surface area contributed by atoms with Crippen LogP contribution in [0, 0.1) is 12.7 Å². The average molecular weight is 232 g/mol. The van der Waals surface area contributed by atoms with Crippen molar-refractivity contribution in [1.82, 2.24) is 4.98 Å². The van der Waals surface area contributed by atoms with E-state index in [0.717, 1.165) is 11.4 Å². The van der Waals surface area contributed by atoms with Crippen LogP contribution in [0.25, 0.3) is 0 Å². The molecule has 0 radical (unpaired) electrons. The molecule has 0 aliphatic rings. The second kappa shape index (κ2) is 4.82. The topological polar surface area (TPSA) is 45.2 Å². The van der Waals surface area contributed by atoms with E-state index in [4.69, 9.17) is 0 Å². The van der Waals surface area contributed by atoms with E-state index < -0.39 is 0 Å². The number of aromatic nitrogens is 1. The normalized spacial score (nSPS) is 10.2. The second-order valence-electron chi connectivity index (χ2n) is 3.76. The van der Waals surface area contributed by atoms with Crippen molar-refractivity contribution >= 4 is 5.69 Å². The number of rotatable bonds is 3. The molecule has 0 aliphatic carbocycles. The SMILES string of the molecule is Cc1ncccc1NCc1cc(F)ccc1O. The molecular weight excluding hydrogens is 219 g/mol. The molecule has 2 aromatic rings. The third-order valence-electron chi connectivity index (χ3n) is 2.52. The largest absolute Gasteiger partial charge is 0.508 e. The third-order valence-corrected chi connectivity index (χ3v) is 2.52. The van der Waals surface area contributed by atoms with Crippen LogP contribution in [0.5, 0.6) is 5.75 Å². The summed E-state index contributed by atoms with van der Waals surface area (Å²) >= 11 is 0. The lowest BCUT2D eigenvalue weighted by molar-refractivity contribution is 0.466. The summed E-state index contributed by atoms with van der Waals surface area (Å²) in [6.45, 7) is 2.24. The van der Waals surface area contributed by atoms with Gasteiger partial charge in [0.15, 0.2) is 0 Å². The first-order valence-corrected chi connectivity index (χ1v) is 5.29. The maximum Gasteiger partial charge on any atom is 0.123 e. The van der Waals surface area contributed by atoms with Gasteiger partial charge in [-0.25, -0.2) is 4.39 Å². The third kappa shape index (κ3) is 2.72. The van der Waals surface area contributed by atoms with Crippen molar-refractivity contribution < 1.29 is 9.50 Å². The Morgan fingerprint density at radius 1 is 1.35 bits per heavy atom. The van der Waals surface area contributed by atoms with E-state index in [-0.39, 0.29) is 11.6 Å². The van der Waals surface area contributed by atoms with Crippen LogP contribution >= 0.6 is 0 Å². The van der Waals surface area contributed by atoms with Gasteiger partial charge in [-0.3, -0.25) is 4.98 Å².